The van der Waals surface area contributed by atoms with Crippen LogP contribution in [0.25, 0.3) is 5.57 Å². The van der Waals surface area contributed by atoms with Crippen LogP contribution in [0.5, 0.6) is 5.75 Å². The van der Waals surface area contributed by atoms with E-state index < -0.39 is 5.60 Å². The minimum atomic E-state index is -0.536. The highest BCUT2D eigenvalue weighted by Gasteiger charge is 2.34. The van der Waals surface area contributed by atoms with Crippen molar-refractivity contribution in [1.82, 2.24) is 5.32 Å². The quantitative estimate of drug-likeness (QED) is 0.643. The summed E-state index contributed by atoms with van der Waals surface area (Å²) < 4.78 is 10.9. The Morgan fingerprint density at radius 3 is 2.67 bits per heavy atom. The maximum absolute atomic E-state index is 12.7. The Hall–Kier alpha value is -2.30. The van der Waals surface area contributed by atoms with Gasteiger partial charge in [-0.25, -0.2) is 0 Å². The van der Waals surface area contributed by atoms with Crippen molar-refractivity contribution >= 4 is 17.4 Å². The Bertz CT molecular complexity index is 661. The molecule has 0 spiro atoms. The maximum atomic E-state index is 12.7. The van der Waals surface area contributed by atoms with Crippen LogP contribution >= 0.6 is 0 Å². The van der Waals surface area contributed by atoms with Crippen molar-refractivity contribution in [2.24, 2.45) is 0 Å². The molecular weight excluding hydrogens is 306 g/mol. The van der Waals surface area contributed by atoms with Gasteiger partial charge in [0, 0.05) is 18.5 Å². The number of amides is 1. The normalized spacial score (nSPS) is 15.3. The molecule has 0 aliphatic carbocycles. The van der Waals surface area contributed by atoms with Gasteiger partial charge in [-0.15, -0.1) is 0 Å². The number of esters is 1. The molecule has 5 nitrogen and oxygen atoms in total. The van der Waals surface area contributed by atoms with E-state index in [1.54, 1.807) is 6.92 Å². The van der Waals surface area contributed by atoms with Crippen LogP contribution in [0.4, 0.5) is 0 Å². The Morgan fingerprint density at radius 2 is 1.96 bits per heavy atom. The second-order valence-electron chi connectivity index (χ2n) is 6.27. The summed E-state index contributed by atoms with van der Waals surface area (Å²) in [6, 6.07) is 7.55. The molecule has 1 amide bonds. The molecule has 0 atom stereocenters. The lowest BCUT2D eigenvalue weighted by atomic mass is 9.86. The summed E-state index contributed by atoms with van der Waals surface area (Å²) in [5, 5.41) is 2.90. The lowest BCUT2D eigenvalue weighted by molar-refractivity contribution is -0.143. The van der Waals surface area contributed by atoms with Gasteiger partial charge in [0.2, 0.25) is 0 Å². The van der Waals surface area contributed by atoms with E-state index in [2.05, 4.69) is 5.32 Å². The minimum Gasteiger partial charge on any atom is -0.483 e. The SMILES string of the molecule is CCOC(=O)CCCNC(=O)C1=C(C)C(C)(C)Oc2ccccc21. The molecule has 5 heteroatoms. The maximum Gasteiger partial charge on any atom is 0.305 e. The lowest BCUT2D eigenvalue weighted by Crippen LogP contribution is -2.37. The zero-order valence-corrected chi connectivity index (χ0v) is 14.8. The molecule has 1 N–H and O–H groups in total. The zero-order chi connectivity index (χ0) is 17.7. The average molecular weight is 331 g/mol. The predicted molar refractivity (Wildman–Crippen MR) is 92.6 cm³/mol. The van der Waals surface area contributed by atoms with E-state index >= 15 is 0 Å². The highest BCUT2D eigenvalue weighted by atomic mass is 16.5. The molecule has 130 valence electrons. The van der Waals surface area contributed by atoms with E-state index in [1.807, 2.05) is 45.0 Å². The first kappa shape index (κ1) is 18.0. The molecule has 0 fully saturated rings. The van der Waals surface area contributed by atoms with Gasteiger partial charge >= 0.3 is 5.97 Å². The van der Waals surface area contributed by atoms with Crippen molar-refractivity contribution in [1.29, 1.82) is 0 Å². The van der Waals surface area contributed by atoms with Crippen LogP contribution in [0.15, 0.2) is 29.8 Å². The van der Waals surface area contributed by atoms with Crippen LogP contribution in [-0.2, 0) is 14.3 Å². The topological polar surface area (TPSA) is 64.6 Å². The minimum absolute atomic E-state index is 0.139. The molecule has 2 rings (SSSR count). The molecule has 0 aromatic heterocycles. The van der Waals surface area contributed by atoms with Crippen molar-refractivity contribution in [3.63, 3.8) is 0 Å². The fourth-order valence-electron chi connectivity index (χ4n) is 2.67. The molecule has 1 aliphatic heterocycles. The monoisotopic (exact) mass is 331 g/mol. The largest absolute Gasteiger partial charge is 0.483 e. The molecule has 1 aliphatic rings. The summed E-state index contributed by atoms with van der Waals surface area (Å²) in [7, 11) is 0. The number of hydrogen-bond acceptors (Lipinski definition) is 4. The lowest BCUT2D eigenvalue weighted by Gasteiger charge is -2.35. The first-order valence-electron chi connectivity index (χ1n) is 8.30. The third kappa shape index (κ3) is 3.96. The van der Waals surface area contributed by atoms with Crippen molar-refractivity contribution in [2.75, 3.05) is 13.2 Å². The number of carbonyl (C=O) groups is 2. The third-order valence-electron chi connectivity index (χ3n) is 4.18. The number of carbonyl (C=O) groups excluding carboxylic acids is 2. The number of rotatable bonds is 6. The van der Waals surface area contributed by atoms with Crippen molar-refractivity contribution in [3.05, 3.63) is 35.4 Å². The van der Waals surface area contributed by atoms with Crippen LogP contribution in [0.1, 0.15) is 46.1 Å². The predicted octanol–water partition coefficient (Wildman–Crippen LogP) is 3.09. The third-order valence-corrected chi connectivity index (χ3v) is 4.18. The Morgan fingerprint density at radius 1 is 1.25 bits per heavy atom. The first-order chi connectivity index (χ1) is 11.4. The van der Waals surface area contributed by atoms with Crippen molar-refractivity contribution in [3.8, 4) is 5.75 Å². The van der Waals surface area contributed by atoms with Crippen LogP contribution < -0.4 is 10.1 Å². The second-order valence-corrected chi connectivity index (χ2v) is 6.27. The molecular formula is C19H25NO4. The first-order valence-corrected chi connectivity index (χ1v) is 8.30. The molecule has 0 unspecified atom stereocenters. The second kappa shape index (κ2) is 7.51. The van der Waals surface area contributed by atoms with Crippen LogP contribution in [0, 0.1) is 0 Å². The van der Waals surface area contributed by atoms with E-state index in [-0.39, 0.29) is 11.9 Å². The standard InChI is InChI=1S/C19H25NO4/c1-5-23-16(21)11-8-12-20-18(22)17-13(2)19(3,4)24-15-10-7-6-9-14(15)17/h6-7,9-10H,5,8,11-12H2,1-4H3,(H,20,22). The fourth-order valence-corrected chi connectivity index (χ4v) is 2.67. The average Bonchev–Trinajstić information content (AvgIpc) is 2.52. The number of hydrogen-bond donors (Lipinski definition) is 1. The van der Waals surface area contributed by atoms with Crippen molar-refractivity contribution in [2.45, 2.75) is 46.1 Å². The van der Waals surface area contributed by atoms with Gasteiger partial charge in [-0.2, -0.15) is 0 Å². The molecule has 1 heterocycles. The molecule has 0 saturated heterocycles. The van der Waals surface area contributed by atoms with Gasteiger partial charge in [0.25, 0.3) is 5.91 Å². The summed E-state index contributed by atoms with van der Waals surface area (Å²) in [6.45, 7) is 8.41. The van der Waals surface area contributed by atoms with E-state index in [0.29, 0.717) is 37.3 Å². The Balaban J connectivity index is 2.08. The number of nitrogens with one attached hydrogen (secondary N) is 1. The highest BCUT2D eigenvalue weighted by Crippen LogP contribution is 2.40. The van der Waals surface area contributed by atoms with Gasteiger partial charge < -0.3 is 14.8 Å². The summed E-state index contributed by atoms with van der Waals surface area (Å²) in [5.41, 5.74) is 1.81. The van der Waals surface area contributed by atoms with Crippen molar-refractivity contribution < 1.29 is 19.1 Å². The summed E-state index contributed by atoms with van der Waals surface area (Å²) in [6.07, 6.45) is 0.857. The summed E-state index contributed by atoms with van der Waals surface area (Å²) in [4.78, 5) is 24.0. The zero-order valence-electron chi connectivity index (χ0n) is 14.8. The summed E-state index contributed by atoms with van der Waals surface area (Å²) >= 11 is 0. The van der Waals surface area contributed by atoms with Gasteiger partial charge in [-0.05, 0) is 45.8 Å². The smallest absolute Gasteiger partial charge is 0.305 e. The van der Waals surface area contributed by atoms with E-state index in [1.165, 1.54) is 0 Å². The molecule has 0 bridgehead atoms. The van der Waals surface area contributed by atoms with Crippen LogP contribution in [-0.4, -0.2) is 30.6 Å². The molecule has 24 heavy (non-hydrogen) atoms. The van der Waals surface area contributed by atoms with E-state index in [4.69, 9.17) is 9.47 Å². The van der Waals surface area contributed by atoms with Gasteiger partial charge in [0.1, 0.15) is 11.4 Å². The highest BCUT2D eigenvalue weighted by molar-refractivity contribution is 6.21. The van der Waals surface area contributed by atoms with E-state index in [0.717, 1.165) is 11.1 Å². The van der Waals surface area contributed by atoms with Gasteiger partial charge in [-0.3, -0.25) is 9.59 Å². The Kier molecular flexibility index (Phi) is 5.65. The van der Waals surface area contributed by atoms with Gasteiger partial charge in [-0.1, -0.05) is 18.2 Å². The molecule has 1 aromatic carbocycles. The number of benzene rings is 1. The van der Waals surface area contributed by atoms with E-state index in [9.17, 15) is 9.59 Å². The molecule has 0 saturated carbocycles. The molecule has 0 radical (unpaired) electrons. The van der Waals surface area contributed by atoms with Gasteiger partial charge in [0.15, 0.2) is 0 Å². The number of para-hydroxylation sites is 1. The summed E-state index contributed by atoms with van der Waals surface area (Å²) in [5.74, 6) is 0.338. The van der Waals surface area contributed by atoms with Gasteiger partial charge in [0.05, 0.1) is 12.2 Å². The van der Waals surface area contributed by atoms with Crippen LogP contribution in [0.3, 0.4) is 0 Å². The number of fused-ring (bicyclic) bond motifs is 1. The number of ether oxygens (including phenoxy) is 2. The molecule has 1 aromatic rings. The Labute approximate surface area is 143 Å². The fraction of sp³-hybridized carbons (Fsp3) is 0.474. The van der Waals surface area contributed by atoms with Crippen LogP contribution in [0.2, 0.25) is 0 Å².